The topological polar surface area (TPSA) is 71.4 Å². The van der Waals surface area contributed by atoms with E-state index >= 15 is 0 Å². The molecule has 1 aliphatic rings. The van der Waals surface area contributed by atoms with Crippen LogP contribution in [-0.4, -0.2) is 39.3 Å². The SMILES string of the molecule is CC[C@@]1(C)NC(=O)N(CC(=O)c2cccn2C)C1=O. The molecule has 3 amide bonds. The van der Waals surface area contributed by atoms with Crippen LogP contribution in [-0.2, 0) is 11.8 Å². The Morgan fingerprint density at radius 2 is 2.11 bits per heavy atom. The molecule has 6 heteroatoms. The number of nitrogens with zero attached hydrogens (tertiary/aromatic N) is 2. The molecule has 102 valence electrons. The number of imide groups is 1. The number of carbonyl (C=O) groups is 3. The molecule has 0 aromatic carbocycles. The zero-order valence-corrected chi connectivity index (χ0v) is 11.3. The molecule has 1 atom stereocenters. The van der Waals surface area contributed by atoms with Crippen molar-refractivity contribution in [1.29, 1.82) is 0 Å². The Labute approximate surface area is 111 Å². The number of hydrogen-bond acceptors (Lipinski definition) is 3. The van der Waals surface area contributed by atoms with Gasteiger partial charge in [0.15, 0.2) is 5.78 Å². The summed E-state index contributed by atoms with van der Waals surface area (Å²) < 4.78 is 1.67. The Morgan fingerprint density at radius 3 is 2.58 bits per heavy atom. The van der Waals surface area contributed by atoms with Crippen LogP contribution >= 0.6 is 0 Å². The fraction of sp³-hybridized carbons (Fsp3) is 0.462. The van der Waals surface area contributed by atoms with E-state index in [0.717, 1.165) is 4.90 Å². The van der Waals surface area contributed by atoms with Gasteiger partial charge in [0.05, 0.1) is 12.2 Å². The van der Waals surface area contributed by atoms with E-state index in [2.05, 4.69) is 5.32 Å². The maximum Gasteiger partial charge on any atom is 0.325 e. The molecule has 1 aliphatic heterocycles. The summed E-state index contributed by atoms with van der Waals surface area (Å²) in [6, 6.07) is 2.91. The molecule has 1 fully saturated rings. The van der Waals surface area contributed by atoms with Crippen molar-refractivity contribution >= 4 is 17.7 Å². The van der Waals surface area contributed by atoms with E-state index in [1.807, 2.05) is 6.92 Å². The van der Waals surface area contributed by atoms with Gasteiger partial charge >= 0.3 is 6.03 Å². The van der Waals surface area contributed by atoms with E-state index in [0.29, 0.717) is 12.1 Å². The maximum absolute atomic E-state index is 12.1. The number of hydrogen-bond donors (Lipinski definition) is 1. The molecule has 2 heterocycles. The van der Waals surface area contributed by atoms with Gasteiger partial charge in [-0.15, -0.1) is 0 Å². The molecular formula is C13H17N3O3. The van der Waals surface area contributed by atoms with Crippen LogP contribution in [0.2, 0.25) is 0 Å². The fourth-order valence-corrected chi connectivity index (χ4v) is 2.11. The zero-order valence-electron chi connectivity index (χ0n) is 11.3. The number of amides is 3. The summed E-state index contributed by atoms with van der Waals surface area (Å²) in [6.07, 6.45) is 2.24. The molecule has 1 N–H and O–H groups in total. The number of aryl methyl sites for hydroxylation is 1. The lowest BCUT2D eigenvalue weighted by atomic mass is 9.99. The first-order valence-corrected chi connectivity index (χ1v) is 6.17. The molecule has 6 nitrogen and oxygen atoms in total. The molecule has 0 radical (unpaired) electrons. The van der Waals surface area contributed by atoms with Gasteiger partial charge in [0, 0.05) is 13.2 Å². The Balaban J connectivity index is 2.16. The summed E-state index contributed by atoms with van der Waals surface area (Å²) in [5.41, 5.74) is -0.420. The normalized spacial score (nSPS) is 22.8. The van der Waals surface area contributed by atoms with Crippen LogP contribution in [0.15, 0.2) is 18.3 Å². The second-order valence-electron chi connectivity index (χ2n) is 4.93. The first kappa shape index (κ1) is 13.3. The lowest BCUT2D eigenvalue weighted by molar-refractivity contribution is -0.130. The second kappa shape index (κ2) is 4.53. The Kier molecular flexibility index (Phi) is 3.18. The molecule has 2 rings (SSSR count). The van der Waals surface area contributed by atoms with Crippen molar-refractivity contribution in [3.63, 3.8) is 0 Å². The van der Waals surface area contributed by atoms with Crippen LogP contribution in [0.5, 0.6) is 0 Å². The lowest BCUT2D eigenvalue weighted by Gasteiger charge is -2.19. The summed E-state index contributed by atoms with van der Waals surface area (Å²) >= 11 is 0. The minimum absolute atomic E-state index is 0.224. The molecule has 0 spiro atoms. The predicted molar refractivity (Wildman–Crippen MR) is 68.7 cm³/mol. The van der Waals surface area contributed by atoms with Gasteiger partial charge in [0.2, 0.25) is 0 Å². The number of urea groups is 1. The Hall–Kier alpha value is -2.11. The monoisotopic (exact) mass is 263 g/mol. The van der Waals surface area contributed by atoms with Crippen LogP contribution in [0.25, 0.3) is 0 Å². The van der Waals surface area contributed by atoms with Crippen LogP contribution in [0.1, 0.15) is 30.8 Å². The number of Topliss-reactive ketones (excluding diaryl/α,β-unsaturated/α-hetero) is 1. The van der Waals surface area contributed by atoms with Crippen molar-refractivity contribution in [1.82, 2.24) is 14.8 Å². The zero-order chi connectivity index (χ0) is 14.2. The highest BCUT2D eigenvalue weighted by Gasteiger charge is 2.47. The van der Waals surface area contributed by atoms with Gasteiger partial charge in [0.25, 0.3) is 5.91 Å². The van der Waals surface area contributed by atoms with Gasteiger partial charge in [-0.25, -0.2) is 4.79 Å². The summed E-state index contributed by atoms with van der Waals surface area (Å²) in [4.78, 5) is 37.0. The highest BCUT2D eigenvalue weighted by Crippen LogP contribution is 2.21. The van der Waals surface area contributed by atoms with Crippen LogP contribution in [0.4, 0.5) is 4.79 Å². The van der Waals surface area contributed by atoms with Crippen LogP contribution in [0.3, 0.4) is 0 Å². The number of carbonyl (C=O) groups excluding carboxylic acids is 3. The highest BCUT2D eigenvalue weighted by atomic mass is 16.2. The van der Waals surface area contributed by atoms with Crippen molar-refractivity contribution < 1.29 is 14.4 Å². The first-order valence-electron chi connectivity index (χ1n) is 6.17. The molecule has 1 aromatic rings. The van der Waals surface area contributed by atoms with E-state index in [1.54, 1.807) is 36.9 Å². The molecule has 0 unspecified atom stereocenters. The average molecular weight is 263 g/mol. The summed E-state index contributed by atoms with van der Waals surface area (Å²) in [7, 11) is 1.75. The third-order valence-electron chi connectivity index (χ3n) is 3.58. The molecular weight excluding hydrogens is 246 g/mol. The van der Waals surface area contributed by atoms with Crippen molar-refractivity contribution in [2.24, 2.45) is 7.05 Å². The van der Waals surface area contributed by atoms with Crippen molar-refractivity contribution in [3.05, 3.63) is 24.0 Å². The van der Waals surface area contributed by atoms with E-state index in [4.69, 9.17) is 0 Å². The second-order valence-corrected chi connectivity index (χ2v) is 4.93. The minimum atomic E-state index is -0.897. The van der Waals surface area contributed by atoms with Gasteiger partial charge in [-0.1, -0.05) is 6.92 Å². The van der Waals surface area contributed by atoms with E-state index < -0.39 is 11.6 Å². The maximum atomic E-state index is 12.1. The Bertz CT molecular complexity index is 549. The van der Waals surface area contributed by atoms with Crippen molar-refractivity contribution in [3.8, 4) is 0 Å². The standard InChI is InChI=1S/C13H17N3O3/c1-4-13(2)11(18)16(12(19)14-13)8-10(17)9-6-5-7-15(9)3/h5-7H,4,8H2,1-3H3,(H,14,19)/t13-/m1/s1. The third-order valence-corrected chi connectivity index (χ3v) is 3.58. The molecule has 0 bridgehead atoms. The minimum Gasteiger partial charge on any atom is -0.348 e. The van der Waals surface area contributed by atoms with Crippen molar-refractivity contribution in [2.75, 3.05) is 6.54 Å². The van der Waals surface area contributed by atoms with Gasteiger partial charge in [-0.3, -0.25) is 14.5 Å². The van der Waals surface area contributed by atoms with E-state index in [9.17, 15) is 14.4 Å². The smallest absolute Gasteiger partial charge is 0.325 e. The summed E-state index contributed by atoms with van der Waals surface area (Å²) in [5, 5.41) is 2.62. The fourth-order valence-electron chi connectivity index (χ4n) is 2.11. The molecule has 19 heavy (non-hydrogen) atoms. The summed E-state index contributed by atoms with van der Waals surface area (Å²) in [6.45, 7) is 3.26. The average Bonchev–Trinajstić information content (AvgIpc) is 2.88. The first-order chi connectivity index (χ1) is 8.89. The van der Waals surface area contributed by atoms with Crippen LogP contribution < -0.4 is 5.32 Å². The molecule has 0 aliphatic carbocycles. The molecule has 0 saturated carbocycles. The van der Waals surface area contributed by atoms with Crippen LogP contribution in [0, 0.1) is 0 Å². The van der Waals surface area contributed by atoms with Crippen molar-refractivity contribution in [2.45, 2.75) is 25.8 Å². The van der Waals surface area contributed by atoms with Gasteiger partial charge < -0.3 is 9.88 Å². The number of nitrogens with one attached hydrogen (secondary N) is 1. The number of aromatic nitrogens is 1. The number of rotatable bonds is 4. The summed E-state index contributed by atoms with van der Waals surface area (Å²) in [5.74, 6) is -0.598. The predicted octanol–water partition coefficient (Wildman–Crippen LogP) is 0.928. The van der Waals surface area contributed by atoms with Gasteiger partial charge in [0.1, 0.15) is 5.54 Å². The molecule has 1 aromatic heterocycles. The van der Waals surface area contributed by atoms with Gasteiger partial charge in [-0.05, 0) is 25.5 Å². The van der Waals surface area contributed by atoms with E-state index in [-0.39, 0.29) is 18.2 Å². The highest BCUT2D eigenvalue weighted by molar-refractivity contribution is 6.10. The number of ketones is 1. The lowest BCUT2D eigenvalue weighted by Crippen LogP contribution is -2.43. The largest absolute Gasteiger partial charge is 0.348 e. The quantitative estimate of drug-likeness (QED) is 0.649. The molecule has 1 saturated heterocycles. The van der Waals surface area contributed by atoms with E-state index in [1.165, 1.54) is 0 Å². The van der Waals surface area contributed by atoms with Gasteiger partial charge in [-0.2, -0.15) is 0 Å². The Morgan fingerprint density at radius 1 is 1.42 bits per heavy atom. The third kappa shape index (κ3) is 2.14.